The topological polar surface area (TPSA) is 57.5 Å². The van der Waals surface area contributed by atoms with Gasteiger partial charge in [-0.3, -0.25) is 14.6 Å². The van der Waals surface area contributed by atoms with Crippen molar-refractivity contribution in [2.45, 2.75) is 19.3 Å². The van der Waals surface area contributed by atoms with Crippen LogP contribution in [0, 0.1) is 0 Å². The highest BCUT2D eigenvalue weighted by Gasteiger charge is 2.20. The molecule has 2 fully saturated rings. The molecule has 4 aromatic carbocycles. The first kappa shape index (κ1) is 36.2. The van der Waals surface area contributed by atoms with Crippen LogP contribution in [0.15, 0.2) is 90.7 Å². The third-order valence-electron chi connectivity index (χ3n) is 9.57. The van der Waals surface area contributed by atoms with Crippen LogP contribution in [-0.4, -0.2) is 96.3 Å². The average molecular weight is 934 g/mol. The molecule has 1 atom stereocenters. The molecule has 0 saturated carbocycles. The van der Waals surface area contributed by atoms with Crippen LogP contribution in [0.3, 0.4) is 0 Å². The second kappa shape index (κ2) is 16.2. The van der Waals surface area contributed by atoms with Gasteiger partial charge >= 0.3 is 0 Å². The second-order valence-electron chi connectivity index (χ2n) is 13.1. The summed E-state index contributed by atoms with van der Waals surface area (Å²) in [5.41, 5.74) is 4.37. The van der Waals surface area contributed by atoms with Crippen LogP contribution in [0.25, 0.3) is 43.6 Å². The van der Waals surface area contributed by atoms with Gasteiger partial charge in [-0.15, -0.1) is 0 Å². The van der Waals surface area contributed by atoms with E-state index in [4.69, 9.17) is 0 Å². The number of carbonyl (C=O) groups excluding carboxylic acids is 1. The van der Waals surface area contributed by atoms with Crippen LogP contribution in [-0.2, 0) is 17.9 Å². The van der Waals surface area contributed by atoms with Gasteiger partial charge < -0.3 is 19.8 Å². The average Bonchev–Trinajstić information content (AvgIpc) is 3.55. The molecule has 50 heavy (non-hydrogen) atoms. The number of nitrogens with one attached hydrogen (secondary N) is 2. The molecule has 0 amide bonds. The molecule has 2 saturated heterocycles. The number of carbonyl (C=O) groups is 1. The van der Waals surface area contributed by atoms with E-state index < -0.39 is 6.17 Å². The van der Waals surface area contributed by atoms with Crippen LogP contribution < -0.4 is 10.6 Å². The van der Waals surface area contributed by atoms with Gasteiger partial charge in [-0.2, -0.15) is 0 Å². The van der Waals surface area contributed by atoms with Crippen molar-refractivity contribution >= 4 is 113 Å². The number of halogens is 5. The number of Topliss-reactive ketones (excluding diaryl/α,β-unsaturated/α-hetero) is 1. The molecule has 8 rings (SSSR count). The van der Waals surface area contributed by atoms with E-state index in [-0.39, 0.29) is 5.78 Å². The molecular weight excluding hydrogens is 895 g/mol. The highest BCUT2D eigenvalue weighted by Crippen LogP contribution is 2.34. The Morgan fingerprint density at radius 2 is 0.940 bits per heavy atom. The zero-order chi connectivity index (χ0) is 34.8. The number of hydrogen-bond acceptors (Lipinski definition) is 5. The van der Waals surface area contributed by atoms with Gasteiger partial charge in [0, 0.05) is 120 Å². The zero-order valence-electron chi connectivity index (χ0n) is 27.6. The van der Waals surface area contributed by atoms with E-state index in [1.54, 1.807) is 0 Å². The van der Waals surface area contributed by atoms with Crippen LogP contribution in [0.4, 0.5) is 4.39 Å². The molecule has 2 aromatic heterocycles. The number of rotatable bonds is 8. The van der Waals surface area contributed by atoms with E-state index in [0.717, 1.165) is 103 Å². The lowest BCUT2D eigenvalue weighted by Gasteiger charge is -2.28. The summed E-state index contributed by atoms with van der Waals surface area (Å²) in [6.07, 6.45) is -0.885. The van der Waals surface area contributed by atoms with Gasteiger partial charge in [-0.25, -0.2) is 4.39 Å². The number of benzene rings is 4. The van der Waals surface area contributed by atoms with Crippen molar-refractivity contribution in [3.05, 3.63) is 90.7 Å². The highest BCUT2D eigenvalue weighted by atomic mass is 79.9. The van der Waals surface area contributed by atoms with E-state index in [1.165, 1.54) is 10.8 Å². The van der Waals surface area contributed by atoms with Crippen molar-refractivity contribution in [2.75, 3.05) is 65.4 Å². The van der Waals surface area contributed by atoms with E-state index in [1.807, 2.05) is 24.3 Å². The summed E-state index contributed by atoms with van der Waals surface area (Å²) in [5, 5.41) is 11.3. The maximum Gasteiger partial charge on any atom is 0.166 e. The summed E-state index contributed by atoms with van der Waals surface area (Å²) in [5.74, 6) is 0.256. The first-order chi connectivity index (χ1) is 24.2. The monoisotopic (exact) mass is 930 g/mol. The zero-order valence-corrected chi connectivity index (χ0v) is 33.9. The van der Waals surface area contributed by atoms with Gasteiger partial charge in [0.15, 0.2) is 5.78 Å². The van der Waals surface area contributed by atoms with Gasteiger partial charge in [-0.1, -0.05) is 63.7 Å². The molecule has 2 N–H and O–H groups in total. The van der Waals surface area contributed by atoms with Crippen LogP contribution in [0.2, 0.25) is 0 Å². The number of fused-ring (bicyclic) bond motifs is 6. The molecular formula is C38H39Br4FN6O. The highest BCUT2D eigenvalue weighted by molar-refractivity contribution is 9.11. The smallest absolute Gasteiger partial charge is 0.166 e. The Morgan fingerprint density at radius 1 is 0.560 bits per heavy atom. The minimum Gasteiger partial charge on any atom is -0.337 e. The summed E-state index contributed by atoms with van der Waals surface area (Å²) in [6, 6.07) is 24.9. The van der Waals surface area contributed by atoms with Crippen molar-refractivity contribution in [2.24, 2.45) is 0 Å². The Bertz CT molecular complexity index is 2040. The fourth-order valence-corrected chi connectivity index (χ4v) is 8.68. The van der Waals surface area contributed by atoms with Gasteiger partial charge in [0.2, 0.25) is 0 Å². The standard InChI is InChI=1S/C19H20Br2FN3.C19H19Br2N3O/c20-13-1-3-18-16(9-13)17-10-14(21)2-4-19(17)25(18)12-15(22)11-24-7-5-23-6-8-24;20-13-1-3-18-16(9-13)17-10-14(21)2-4-19(17)24(18)12-15(25)11-23-7-5-22-6-8-23/h1-4,9-10,15,23H,5-8,11-12H2;1-4,9-10,22H,5-8,11-12H2. The predicted molar refractivity (Wildman–Crippen MR) is 218 cm³/mol. The molecule has 0 bridgehead atoms. The molecule has 4 heterocycles. The van der Waals surface area contributed by atoms with E-state index in [2.05, 4.69) is 142 Å². The minimum atomic E-state index is -0.885. The van der Waals surface area contributed by atoms with Gasteiger partial charge in [-0.05, 0) is 72.8 Å². The molecule has 2 aliphatic rings. The number of ketones is 1. The fourth-order valence-electron chi connectivity index (χ4n) is 7.24. The van der Waals surface area contributed by atoms with E-state index in [0.29, 0.717) is 26.2 Å². The molecule has 262 valence electrons. The molecule has 0 aliphatic carbocycles. The molecule has 6 aromatic rings. The summed E-state index contributed by atoms with van der Waals surface area (Å²) < 4.78 is 23.3. The molecule has 0 spiro atoms. The first-order valence-corrected chi connectivity index (χ1v) is 20.2. The number of alkyl halides is 1. The summed E-state index contributed by atoms with van der Waals surface area (Å²) >= 11 is 14.2. The SMILES string of the molecule is FC(CN1CCNCC1)Cn1c2ccc(Br)cc2c2cc(Br)ccc21.O=C(CN1CCNCC1)Cn1c2ccc(Br)cc2c2cc(Br)ccc21. The van der Waals surface area contributed by atoms with Crippen LogP contribution >= 0.6 is 63.7 Å². The molecule has 7 nitrogen and oxygen atoms in total. The summed E-state index contributed by atoms with van der Waals surface area (Å²) in [7, 11) is 0. The third kappa shape index (κ3) is 8.23. The Balaban J connectivity index is 0.000000157. The normalized spacial score (nSPS) is 16.7. The molecule has 0 radical (unpaired) electrons. The number of nitrogens with zero attached hydrogens (tertiary/aromatic N) is 4. The van der Waals surface area contributed by atoms with Crippen molar-refractivity contribution in [1.29, 1.82) is 0 Å². The van der Waals surface area contributed by atoms with Crippen molar-refractivity contribution in [1.82, 2.24) is 29.6 Å². The van der Waals surface area contributed by atoms with E-state index >= 15 is 0 Å². The van der Waals surface area contributed by atoms with Gasteiger partial charge in [0.05, 0.1) is 19.6 Å². The molecule has 2 aliphatic heterocycles. The molecule has 1 unspecified atom stereocenters. The van der Waals surface area contributed by atoms with Crippen LogP contribution in [0.5, 0.6) is 0 Å². The lowest BCUT2D eigenvalue weighted by Crippen LogP contribution is -2.46. The largest absolute Gasteiger partial charge is 0.337 e. The Morgan fingerprint density at radius 3 is 1.36 bits per heavy atom. The Labute approximate surface area is 325 Å². The Hall–Kier alpha value is -2.16. The Kier molecular flexibility index (Phi) is 11.8. The maximum atomic E-state index is 14.9. The fraction of sp³-hybridized carbons (Fsp3) is 0.342. The number of hydrogen-bond donors (Lipinski definition) is 2. The first-order valence-electron chi connectivity index (χ1n) is 17.0. The third-order valence-corrected chi connectivity index (χ3v) is 11.5. The van der Waals surface area contributed by atoms with Crippen molar-refractivity contribution in [3.63, 3.8) is 0 Å². The lowest BCUT2D eigenvalue weighted by atomic mass is 10.2. The number of aromatic nitrogens is 2. The number of piperazine rings is 2. The summed E-state index contributed by atoms with van der Waals surface area (Å²) in [4.78, 5) is 17.1. The molecule has 12 heteroatoms. The van der Waals surface area contributed by atoms with E-state index in [9.17, 15) is 9.18 Å². The van der Waals surface area contributed by atoms with Crippen molar-refractivity contribution in [3.8, 4) is 0 Å². The maximum absolute atomic E-state index is 14.9. The van der Waals surface area contributed by atoms with Gasteiger partial charge in [0.25, 0.3) is 0 Å². The second-order valence-corrected chi connectivity index (χ2v) is 16.7. The predicted octanol–water partition coefficient (Wildman–Crippen LogP) is 8.36. The summed E-state index contributed by atoms with van der Waals surface area (Å²) in [6.45, 7) is 9.37. The minimum absolute atomic E-state index is 0.256. The van der Waals surface area contributed by atoms with Crippen LogP contribution in [0.1, 0.15) is 0 Å². The van der Waals surface area contributed by atoms with Gasteiger partial charge in [0.1, 0.15) is 6.17 Å². The van der Waals surface area contributed by atoms with Crippen molar-refractivity contribution < 1.29 is 9.18 Å². The lowest BCUT2D eigenvalue weighted by molar-refractivity contribution is -0.120. The quantitative estimate of drug-likeness (QED) is 0.161.